The van der Waals surface area contributed by atoms with Crippen molar-refractivity contribution in [1.82, 2.24) is 0 Å². The fraction of sp³-hybridized carbons (Fsp3) is 0.357. The van der Waals surface area contributed by atoms with Crippen LogP contribution < -0.4 is 4.74 Å². The summed E-state index contributed by atoms with van der Waals surface area (Å²) in [6, 6.07) is 19.0. The Kier molecular flexibility index (Phi) is 8.91. The summed E-state index contributed by atoms with van der Waals surface area (Å²) in [5.41, 5.74) is 4.50. The van der Waals surface area contributed by atoms with Crippen LogP contribution in [0.5, 0.6) is 5.75 Å². The molecule has 0 bridgehead atoms. The molecule has 0 unspecified atom stereocenters. The molecule has 6 nitrogen and oxygen atoms in total. The van der Waals surface area contributed by atoms with Crippen molar-refractivity contribution in [2.75, 3.05) is 13.2 Å². The van der Waals surface area contributed by atoms with Gasteiger partial charge in [0.1, 0.15) is 36.3 Å². The van der Waals surface area contributed by atoms with Crippen molar-refractivity contribution in [3.63, 3.8) is 0 Å². The topological polar surface area (TPSA) is 99.4 Å². The van der Waals surface area contributed by atoms with E-state index in [1.54, 1.807) is 12.1 Å². The predicted molar refractivity (Wildman–Crippen MR) is 139 cm³/mol. The van der Waals surface area contributed by atoms with Crippen LogP contribution in [0.1, 0.15) is 40.8 Å². The summed E-state index contributed by atoms with van der Waals surface area (Å²) in [4.78, 5) is 0. The maximum absolute atomic E-state index is 10.5. The molecule has 0 amide bonds. The smallest absolute Gasteiger partial charge is 0.119 e. The highest BCUT2D eigenvalue weighted by Crippen LogP contribution is 2.34. The van der Waals surface area contributed by atoms with E-state index in [9.17, 15) is 20.4 Å². The molecule has 1 fully saturated rings. The van der Waals surface area contributed by atoms with Gasteiger partial charge >= 0.3 is 0 Å². The zero-order chi connectivity index (χ0) is 25.8. The van der Waals surface area contributed by atoms with Gasteiger partial charge in [-0.25, -0.2) is 0 Å². The third-order valence-electron chi connectivity index (χ3n) is 6.42. The Bertz CT molecular complexity index is 1170. The van der Waals surface area contributed by atoms with Gasteiger partial charge < -0.3 is 29.9 Å². The molecule has 36 heavy (non-hydrogen) atoms. The average Bonchev–Trinajstić information content (AvgIpc) is 2.87. The Balaban J connectivity index is 1.54. The Morgan fingerprint density at radius 1 is 0.778 bits per heavy atom. The van der Waals surface area contributed by atoms with E-state index in [0.717, 1.165) is 28.0 Å². The second-order valence-corrected chi connectivity index (χ2v) is 9.77. The fourth-order valence-corrected chi connectivity index (χ4v) is 4.84. The largest absolute Gasteiger partial charge is 0.494 e. The lowest BCUT2D eigenvalue weighted by molar-refractivity contribution is -0.231. The van der Waals surface area contributed by atoms with Crippen molar-refractivity contribution >= 4 is 23.2 Å². The van der Waals surface area contributed by atoms with Gasteiger partial charge in [0.05, 0.1) is 13.2 Å². The Morgan fingerprint density at radius 2 is 1.39 bits per heavy atom. The Labute approximate surface area is 220 Å². The molecule has 4 rings (SSSR count). The highest BCUT2D eigenvalue weighted by atomic mass is 35.5. The van der Waals surface area contributed by atoms with Crippen molar-refractivity contribution in [1.29, 1.82) is 0 Å². The molecule has 0 spiro atoms. The highest BCUT2D eigenvalue weighted by Gasteiger charge is 2.44. The van der Waals surface area contributed by atoms with Gasteiger partial charge in [-0.15, -0.1) is 0 Å². The van der Waals surface area contributed by atoms with Gasteiger partial charge in [0, 0.05) is 10.0 Å². The van der Waals surface area contributed by atoms with E-state index in [2.05, 4.69) is 6.07 Å². The van der Waals surface area contributed by atoms with E-state index in [0.29, 0.717) is 35.1 Å². The molecule has 3 aromatic rings. The van der Waals surface area contributed by atoms with E-state index < -0.39 is 37.1 Å². The molecule has 4 N–H and O–H groups in total. The van der Waals surface area contributed by atoms with Gasteiger partial charge in [0.2, 0.25) is 0 Å². The molecule has 3 aromatic carbocycles. The SMILES string of the molecule is CCOc1ccc(Cc2cc(Cc3cc([C@@H]4O[C@H](CO)[C@@H](O)[C@H](O)[C@H]4O)ccc3Cl)ccc2Cl)cc1. The third kappa shape index (κ3) is 6.03. The van der Waals surface area contributed by atoms with Gasteiger partial charge in [-0.2, -0.15) is 0 Å². The lowest BCUT2D eigenvalue weighted by Gasteiger charge is -2.40. The number of hydrogen-bond donors (Lipinski definition) is 4. The number of aliphatic hydroxyl groups is 4. The molecule has 0 aromatic heterocycles. The lowest BCUT2D eigenvalue weighted by Crippen LogP contribution is -2.55. The van der Waals surface area contributed by atoms with Gasteiger partial charge in [-0.3, -0.25) is 0 Å². The normalized spacial score (nSPS) is 24.0. The molecule has 5 atom stereocenters. The van der Waals surface area contributed by atoms with Crippen molar-refractivity contribution in [3.8, 4) is 5.75 Å². The molecule has 1 heterocycles. The number of halogens is 2. The zero-order valence-corrected chi connectivity index (χ0v) is 21.4. The maximum Gasteiger partial charge on any atom is 0.119 e. The van der Waals surface area contributed by atoms with Crippen LogP contribution in [0.4, 0.5) is 0 Å². The highest BCUT2D eigenvalue weighted by molar-refractivity contribution is 6.31. The Hall–Kier alpha value is -2.16. The first-order chi connectivity index (χ1) is 17.3. The minimum Gasteiger partial charge on any atom is -0.494 e. The zero-order valence-electron chi connectivity index (χ0n) is 19.8. The number of rotatable bonds is 8. The first-order valence-corrected chi connectivity index (χ1v) is 12.6. The Morgan fingerprint density at radius 3 is 2.06 bits per heavy atom. The minimum absolute atomic E-state index is 0.482. The van der Waals surface area contributed by atoms with Crippen molar-refractivity contribution in [3.05, 3.63) is 98.5 Å². The third-order valence-corrected chi connectivity index (χ3v) is 7.16. The van der Waals surface area contributed by atoms with Crippen LogP contribution in [0, 0.1) is 0 Å². The van der Waals surface area contributed by atoms with Crippen LogP contribution in [0.25, 0.3) is 0 Å². The van der Waals surface area contributed by atoms with Crippen molar-refractivity contribution < 1.29 is 29.9 Å². The summed E-state index contributed by atoms with van der Waals surface area (Å²) in [5.74, 6) is 0.829. The van der Waals surface area contributed by atoms with E-state index >= 15 is 0 Å². The monoisotopic (exact) mass is 532 g/mol. The fourth-order valence-electron chi connectivity index (χ4n) is 4.47. The van der Waals surface area contributed by atoms with Crippen LogP contribution in [0.2, 0.25) is 10.0 Å². The van der Waals surface area contributed by atoms with Gasteiger partial charge in [0.15, 0.2) is 0 Å². The van der Waals surface area contributed by atoms with Crippen molar-refractivity contribution in [2.45, 2.75) is 50.3 Å². The van der Waals surface area contributed by atoms with Gasteiger partial charge in [-0.1, -0.05) is 59.6 Å². The van der Waals surface area contributed by atoms with Crippen LogP contribution >= 0.6 is 23.2 Å². The van der Waals surface area contributed by atoms with Crippen LogP contribution in [0.15, 0.2) is 60.7 Å². The summed E-state index contributed by atoms with van der Waals surface area (Å²) in [6.45, 7) is 2.09. The van der Waals surface area contributed by atoms with Crippen LogP contribution in [0.3, 0.4) is 0 Å². The standard InChI is InChI=1S/C28H30Cl2O6/c1-2-35-21-7-3-16(4-8-21)11-19-12-17(5-9-22(19)29)13-20-14-18(6-10-23(20)30)28-27(34)26(33)25(32)24(15-31)36-28/h3-10,12,14,24-28,31-34H,2,11,13,15H2,1H3/t24-,25-,26+,27-,28+/m1/s1. The molecule has 192 valence electrons. The lowest BCUT2D eigenvalue weighted by atomic mass is 9.90. The average molecular weight is 533 g/mol. The van der Waals surface area contributed by atoms with E-state index in [1.807, 2.05) is 49.4 Å². The molecular weight excluding hydrogens is 503 g/mol. The van der Waals surface area contributed by atoms with E-state index in [1.165, 1.54) is 0 Å². The molecule has 1 aliphatic rings. The van der Waals surface area contributed by atoms with Crippen LogP contribution in [-0.2, 0) is 17.6 Å². The van der Waals surface area contributed by atoms with E-state index in [-0.39, 0.29) is 0 Å². The minimum atomic E-state index is -1.44. The number of ether oxygens (including phenoxy) is 2. The molecule has 0 saturated carbocycles. The van der Waals surface area contributed by atoms with E-state index in [4.69, 9.17) is 32.7 Å². The molecule has 1 saturated heterocycles. The quantitative estimate of drug-likeness (QED) is 0.348. The molecule has 8 heteroatoms. The summed E-state index contributed by atoms with van der Waals surface area (Å²) in [6.07, 6.45) is -4.92. The maximum atomic E-state index is 10.5. The first-order valence-electron chi connectivity index (χ1n) is 11.9. The number of benzene rings is 3. The number of aliphatic hydroxyl groups excluding tert-OH is 4. The summed E-state index contributed by atoms with van der Waals surface area (Å²) in [7, 11) is 0. The second-order valence-electron chi connectivity index (χ2n) is 8.96. The first kappa shape index (κ1) is 26.9. The number of hydrogen-bond acceptors (Lipinski definition) is 6. The summed E-state index contributed by atoms with van der Waals surface area (Å²) >= 11 is 13.0. The molecular formula is C28H30Cl2O6. The summed E-state index contributed by atoms with van der Waals surface area (Å²) in [5, 5.41) is 41.5. The predicted octanol–water partition coefficient (Wildman–Crippen LogP) is 4.09. The van der Waals surface area contributed by atoms with Crippen molar-refractivity contribution in [2.24, 2.45) is 0 Å². The molecule has 1 aliphatic heterocycles. The second kappa shape index (κ2) is 11.9. The summed E-state index contributed by atoms with van der Waals surface area (Å²) < 4.78 is 11.2. The van der Waals surface area contributed by atoms with Gasteiger partial charge in [-0.05, 0) is 71.8 Å². The van der Waals surface area contributed by atoms with Crippen LogP contribution in [-0.4, -0.2) is 58.1 Å². The van der Waals surface area contributed by atoms with Gasteiger partial charge in [0.25, 0.3) is 0 Å². The molecule has 0 aliphatic carbocycles. The molecule has 0 radical (unpaired) electrons.